The molecule has 0 saturated carbocycles. The standard InChI is InChI=1S/C93H148N22O31/c1-94-87(137)72(49-65-52-95-63-99-65)103-90(140)71(48-64-51-98-68-15-3-2-14-67(64)68)102-89(139)70(21-23-97-76(117)19-17-74(92(143)144)115-46-44-111(60-85(133)134)42-40-110(59-84(131)132)41-43-112(45-47-115)61-86(135)136)101-88(138)69(100-77(118)20-18-73(91(141)142)113-36-10-32-106(55-80(123)124)28-6-24-104(53-78(119)120)25-7-29-107(33-11-37-113)56-81(125)126)16-4-5-22-96-66(62-116)50-75(93(145)146)114-38-12-34-108(57-82(127)128)30-8-26-105(54-79(121)122)27-9-31-109(35-13-39-114)58-83(129)130/h2-3,14-15,51-52,62-63,66,69-75,96,98H,4-13,16-50,53-61H2,1H3,(H,94,137)(H,95,99)(H,97,117)(H,100,118)(H,101,138)(H,102,139)(H,103,140)(H,119,120)(H,121,122)(H,123,124)(H,125,126)(H,127,128)(H,129,130)(H,131,132)(H,133,134)(H,135,136)(H,141,142)(H,143,144)(H,145,146)/p-9/t66?,69-,70-,71-,72-,73?,74?,75?/m0/s1. The molecule has 4 unspecified atom stereocenters. The number of nitrogens with zero attached hydrogens (tertiary/aromatic N) is 13. The number of aliphatic carboxylic acids is 12. The van der Waals surface area contributed by atoms with E-state index >= 15 is 14.4 Å². The lowest BCUT2D eigenvalue weighted by Crippen LogP contribution is -2.59. The van der Waals surface area contributed by atoms with Gasteiger partial charge in [0.15, 0.2) is 0 Å². The number of amides is 6. The molecule has 146 heavy (non-hydrogen) atoms. The van der Waals surface area contributed by atoms with Crippen molar-refractivity contribution in [3.05, 3.63) is 54.2 Å². The zero-order valence-electron chi connectivity index (χ0n) is 82.5. The van der Waals surface area contributed by atoms with Crippen LogP contribution >= 0.6 is 0 Å². The molecule has 3 aromatic rings. The predicted octanol–water partition coefficient (Wildman–Crippen LogP) is -17.0. The van der Waals surface area contributed by atoms with Crippen molar-refractivity contribution in [2.24, 2.45) is 0 Å². The summed E-state index contributed by atoms with van der Waals surface area (Å²) in [6.07, 6.45) is 2.24. The van der Waals surface area contributed by atoms with Crippen molar-refractivity contribution < 1.29 is 152 Å². The Hall–Kier alpha value is -12.4. The van der Waals surface area contributed by atoms with Crippen LogP contribution in [0.1, 0.15) is 120 Å². The molecule has 53 nitrogen and oxygen atoms in total. The van der Waals surface area contributed by atoms with Gasteiger partial charge in [0.25, 0.3) is 0 Å². The van der Waals surface area contributed by atoms with Crippen molar-refractivity contribution in [3.8, 4) is 0 Å². The molecule has 8 atom stereocenters. The summed E-state index contributed by atoms with van der Waals surface area (Å²) >= 11 is 0. The average Bonchev–Trinajstić information content (AvgIpc) is 1.67. The van der Waals surface area contributed by atoms with E-state index in [1.807, 2.05) is 0 Å². The number of hydrogen-bond acceptors (Lipinski definition) is 42. The van der Waals surface area contributed by atoms with Gasteiger partial charge in [-0.2, -0.15) is 0 Å². The topological polar surface area (TPSA) is 760 Å². The third kappa shape index (κ3) is 48.7. The number of likely N-dealkylation sites (N-methyl/N-ethyl adjacent to an activating group) is 1. The summed E-state index contributed by atoms with van der Waals surface area (Å²) < 4.78 is 0. The van der Waals surface area contributed by atoms with Crippen LogP contribution < -0.4 is 83.2 Å². The molecule has 5 heterocycles. The number of imidazole rings is 1. The van der Waals surface area contributed by atoms with Gasteiger partial charge in [0.2, 0.25) is 35.4 Å². The van der Waals surface area contributed by atoms with Crippen molar-refractivity contribution in [2.75, 3.05) is 236 Å². The molecule has 1 aromatic carbocycles. The summed E-state index contributed by atoms with van der Waals surface area (Å²) in [6, 6.07) is -5.45. The number of nitrogens with one attached hydrogen (secondary N) is 9. The third-order valence-corrected chi connectivity index (χ3v) is 25.6. The first-order valence-electron chi connectivity index (χ1n) is 49.2. The maximum atomic E-state index is 15.6. The maximum Gasteiger partial charge on any atom is 0.320 e. The predicted molar refractivity (Wildman–Crippen MR) is 497 cm³/mol. The second-order valence-corrected chi connectivity index (χ2v) is 36.7. The minimum atomic E-state index is -1.86. The van der Waals surface area contributed by atoms with Crippen molar-refractivity contribution in [1.29, 1.82) is 0 Å². The molecular formula is C93H139N22O31-9. The number of carboxylic acids is 12. The van der Waals surface area contributed by atoms with Gasteiger partial charge in [-0.05, 0) is 193 Å². The molecule has 0 aliphatic carbocycles. The van der Waals surface area contributed by atoms with Crippen molar-refractivity contribution >= 4 is 124 Å². The summed E-state index contributed by atoms with van der Waals surface area (Å²) in [5.41, 5.74) is 1.46. The maximum absolute atomic E-state index is 15.6. The fraction of sp³-hybridized carbons (Fsp3) is 0.677. The number of aromatic nitrogens is 3. The molecule has 816 valence electrons. The largest absolute Gasteiger partial charge is 0.549 e. The Morgan fingerprint density at radius 3 is 1.14 bits per heavy atom. The van der Waals surface area contributed by atoms with Gasteiger partial charge in [0, 0.05) is 205 Å². The van der Waals surface area contributed by atoms with E-state index < -0.39 is 253 Å². The highest BCUT2D eigenvalue weighted by atomic mass is 16.4. The van der Waals surface area contributed by atoms with E-state index in [1.54, 1.807) is 59.9 Å². The van der Waals surface area contributed by atoms with Crippen LogP contribution in [0.4, 0.5) is 0 Å². The minimum absolute atomic E-state index is 0.00392. The van der Waals surface area contributed by atoms with Crippen molar-refractivity contribution in [3.63, 3.8) is 0 Å². The zero-order valence-corrected chi connectivity index (χ0v) is 82.5. The normalized spacial score (nSPS) is 18.6. The second-order valence-electron chi connectivity index (χ2n) is 36.7. The monoisotopic (exact) mass is 2060 g/mol. The molecule has 12 N–H and O–H groups in total. The number of unbranched alkanes of at least 4 members (excludes halogenated alkanes) is 1. The molecule has 53 heteroatoms. The molecule has 6 amide bonds. The average molecular weight is 2060 g/mol. The van der Waals surface area contributed by atoms with E-state index in [-0.39, 0.29) is 254 Å². The van der Waals surface area contributed by atoms with Crippen LogP contribution in [0.5, 0.6) is 0 Å². The SMILES string of the molecule is CNC(=O)[C@H](Cc1cnc[nH]1)NC(=O)[C@H](Cc1c[nH]c2ccccc12)NC(=O)[C@H](CCNC(=O)CCC(C(=O)O)N1CCN(CC(=O)[O-])CCN(CC(=O)[O-])CCN(CC(=O)[O-])CC1)NC(=O)[C@H](CCCCNC(C=O)CC(C(=O)O)N1CCCN(CC(=O)[O-])CCCN(CC(=O)[O-])CCCN(CC(=O)[O-])CCC1)NC(=O)CCC(C(=O)[O-])N1CCCN(CC(=O)[O-])CCCN(CC(=O)[O-])CCCN(CC(=O)O)CCC1. The van der Waals surface area contributed by atoms with Crippen LogP contribution in [-0.4, -0.2) is 487 Å². The van der Waals surface area contributed by atoms with Gasteiger partial charge in [-0.25, -0.2) is 4.98 Å². The van der Waals surface area contributed by atoms with Crippen LogP contribution in [0.2, 0.25) is 0 Å². The number of H-pyrrole nitrogens is 2. The number of carbonyl (C=O) groups is 19. The van der Waals surface area contributed by atoms with Gasteiger partial charge in [-0.3, -0.25) is 102 Å². The van der Waals surface area contributed by atoms with Gasteiger partial charge in [0.1, 0.15) is 42.5 Å². The molecule has 0 bridgehead atoms. The number of fused-ring (bicyclic) bond motifs is 1. The highest BCUT2D eigenvalue weighted by molar-refractivity contribution is 5.96. The van der Waals surface area contributed by atoms with Crippen LogP contribution in [0.15, 0.2) is 43.0 Å². The molecule has 3 aliphatic rings. The van der Waals surface area contributed by atoms with Crippen LogP contribution in [0, 0.1) is 0 Å². The lowest BCUT2D eigenvalue weighted by molar-refractivity contribution is -0.312. The summed E-state index contributed by atoms with van der Waals surface area (Å²) in [5, 5.41) is 160. The summed E-state index contributed by atoms with van der Waals surface area (Å²) in [7, 11) is 1.32. The third-order valence-electron chi connectivity index (χ3n) is 25.6. The number of para-hydroxylation sites is 1. The Labute approximate surface area is 844 Å². The Morgan fingerprint density at radius 2 is 0.747 bits per heavy atom. The van der Waals surface area contributed by atoms with Gasteiger partial charge in [-0.15, -0.1) is 0 Å². The van der Waals surface area contributed by atoms with E-state index in [9.17, 15) is 138 Å². The Kier molecular flexibility index (Phi) is 55.8. The number of benzene rings is 1. The number of carboxylic acid groups (broad SMARTS) is 12. The summed E-state index contributed by atoms with van der Waals surface area (Å²) in [6.45, 7) is -5.19. The lowest BCUT2D eigenvalue weighted by Gasteiger charge is -2.36. The molecule has 2 aromatic heterocycles. The van der Waals surface area contributed by atoms with E-state index in [0.717, 1.165) is 0 Å². The van der Waals surface area contributed by atoms with E-state index in [4.69, 9.17) is 0 Å². The minimum Gasteiger partial charge on any atom is -0.549 e. The Morgan fingerprint density at radius 1 is 0.384 bits per heavy atom. The van der Waals surface area contributed by atoms with Gasteiger partial charge >= 0.3 is 17.9 Å². The van der Waals surface area contributed by atoms with E-state index in [0.29, 0.717) is 28.4 Å². The lowest BCUT2D eigenvalue weighted by atomic mass is 10.0. The van der Waals surface area contributed by atoms with Crippen molar-refractivity contribution in [2.45, 2.75) is 170 Å². The molecule has 0 radical (unpaired) electrons. The fourth-order valence-electron chi connectivity index (χ4n) is 18.4. The van der Waals surface area contributed by atoms with Crippen molar-refractivity contribution in [1.82, 2.24) is 111 Å². The highest BCUT2D eigenvalue weighted by Gasteiger charge is 2.37. The van der Waals surface area contributed by atoms with Crippen LogP contribution in [0.25, 0.3) is 10.9 Å². The van der Waals surface area contributed by atoms with Crippen LogP contribution in [-0.2, 0) is 104 Å². The number of rotatable bonds is 54. The summed E-state index contributed by atoms with van der Waals surface area (Å²) in [4.78, 5) is 278. The van der Waals surface area contributed by atoms with E-state index in [2.05, 4.69) is 52.2 Å². The van der Waals surface area contributed by atoms with Gasteiger partial charge < -0.3 is 156 Å². The first kappa shape index (κ1) is 122. The van der Waals surface area contributed by atoms with Gasteiger partial charge in [-0.1, -0.05) is 18.2 Å². The first-order valence-corrected chi connectivity index (χ1v) is 49.2. The molecule has 6 rings (SSSR count). The summed E-state index contributed by atoms with van der Waals surface area (Å²) in [5.74, 6) is -22.9. The molecule has 0 spiro atoms. The first-order chi connectivity index (χ1) is 69.6. The van der Waals surface area contributed by atoms with Crippen LogP contribution in [0.3, 0.4) is 0 Å². The number of carbonyl (C=O) groups excluding carboxylic acids is 16. The second kappa shape index (κ2) is 66.6. The highest BCUT2D eigenvalue weighted by Crippen LogP contribution is 2.22. The van der Waals surface area contributed by atoms with Gasteiger partial charge in [0.05, 0.1) is 72.6 Å². The number of aldehydes is 1. The Bertz CT molecular complexity index is 4590. The quantitative estimate of drug-likeness (QED) is 0.0184. The molecule has 3 aliphatic heterocycles. The number of aromatic amines is 2. The number of hydrogen-bond donors (Lipinski definition) is 12. The van der Waals surface area contributed by atoms with E-state index in [1.165, 1.54) is 49.0 Å². The molecular weight excluding hydrogens is 1920 g/mol. The smallest absolute Gasteiger partial charge is 0.320 e. The molecule has 3 saturated heterocycles. The Balaban J connectivity index is 1.38. The fourth-order valence-corrected chi connectivity index (χ4v) is 18.4. The zero-order chi connectivity index (χ0) is 107. The molecule has 3 fully saturated rings.